The van der Waals surface area contributed by atoms with Gasteiger partial charge in [-0.3, -0.25) is 0 Å². The van der Waals surface area contributed by atoms with Gasteiger partial charge in [0.2, 0.25) is 0 Å². The molecule has 3 N–H and O–H groups in total. The number of nitrogens with zero attached hydrogens (tertiary/aromatic N) is 2. The Balaban J connectivity index is 2.60. The van der Waals surface area contributed by atoms with Crippen molar-refractivity contribution in [1.82, 2.24) is 10.3 Å². The Morgan fingerprint density at radius 3 is 2.75 bits per heavy atom. The Kier molecular flexibility index (Phi) is 6.33. The minimum absolute atomic E-state index is 0.159. The van der Waals surface area contributed by atoms with E-state index in [1.165, 1.54) is 0 Å². The predicted molar refractivity (Wildman–Crippen MR) is 88.0 cm³/mol. The lowest BCUT2D eigenvalue weighted by atomic mass is 10.2. The molecule has 1 rings (SSSR count). The lowest BCUT2D eigenvalue weighted by Gasteiger charge is -2.16. The Bertz CT molecular complexity index is 449. The summed E-state index contributed by atoms with van der Waals surface area (Å²) < 4.78 is 0.159. The molecule has 0 aliphatic carbocycles. The Morgan fingerprint density at radius 1 is 1.45 bits per heavy atom. The molecule has 0 spiro atoms. The highest BCUT2D eigenvalue weighted by Gasteiger charge is 2.13. The van der Waals surface area contributed by atoms with Gasteiger partial charge in [-0.1, -0.05) is 34.6 Å². The first-order chi connectivity index (χ1) is 9.26. The largest absolute Gasteiger partial charge is 0.370 e. The van der Waals surface area contributed by atoms with E-state index in [0.717, 1.165) is 17.1 Å². The molecule has 4 nitrogen and oxygen atoms in total. The number of nitrogens with one attached hydrogen (secondary N) is 1. The van der Waals surface area contributed by atoms with E-state index in [0.29, 0.717) is 18.4 Å². The van der Waals surface area contributed by atoms with Crippen molar-refractivity contribution in [3.05, 3.63) is 23.9 Å². The maximum absolute atomic E-state index is 5.83. The molecular weight excluding hydrogens is 268 g/mol. The first kappa shape index (κ1) is 16.8. The van der Waals surface area contributed by atoms with E-state index in [1.807, 2.05) is 12.3 Å². The van der Waals surface area contributed by atoms with E-state index in [9.17, 15) is 0 Å². The standard InChI is InChI=1S/C15H26N4S/c1-11(2)9-18-14(16)19-10-12-6-7-17-13(8-12)20-15(3,4)5/h6-8,11H,9-10H2,1-5H3,(H3,16,18,19). The van der Waals surface area contributed by atoms with E-state index < -0.39 is 0 Å². The lowest BCUT2D eigenvalue weighted by Crippen LogP contribution is -2.34. The summed E-state index contributed by atoms with van der Waals surface area (Å²) in [5.74, 6) is 1.06. The highest BCUT2D eigenvalue weighted by atomic mass is 32.2. The summed E-state index contributed by atoms with van der Waals surface area (Å²) in [5.41, 5.74) is 6.95. The summed E-state index contributed by atoms with van der Waals surface area (Å²) in [6.07, 6.45) is 1.83. The van der Waals surface area contributed by atoms with Gasteiger partial charge < -0.3 is 11.1 Å². The molecular formula is C15H26N4S. The van der Waals surface area contributed by atoms with Gasteiger partial charge in [0.25, 0.3) is 0 Å². The summed E-state index contributed by atoms with van der Waals surface area (Å²) in [6, 6.07) is 4.06. The first-order valence-corrected chi connectivity index (χ1v) is 7.75. The number of aliphatic imine (C=N–C) groups is 1. The number of nitrogens with two attached hydrogens (primary N) is 1. The van der Waals surface area contributed by atoms with Gasteiger partial charge in [-0.05, 0) is 23.6 Å². The van der Waals surface area contributed by atoms with Gasteiger partial charge in [-0.15, -0.1) is 11.8 Å². The fourth-order valence-electron chi connectivity index (χ4n) is 1.46. The molecule has 1 aromatic rings. The van der Waals surface area contributed by atoms with Gasteiger partial charge >= 0.3 is 0 Å². The Labute approximate surface area is 126 Å². The fourth-order valence-corrected chi connectivity index (χ4v) is 2.41. The second kappa shape index (κ2) is 7.53. The number of hydrogen-bond acceptors (Lipinski definition) is 3. The average molecular weight is 294 g/mol. The van der Waals surface area contributed by atoms with Crippen molar-refractivity contribution in [3.63, 3.8) is 0 Å². The minimum atomic E-state index is 0.159. The summed E-state index contributed by atoms with van der Waals surface area (Å²) in [6.45, 7) is 12.2. The third-order valence-corrected chi connectivity index (χ3v) is 3.38. The van der Waals surface area contributed by atoms with Crippen LogP contribution < -0.4 is 11.1 Å². The molecule has 112 valence electrons. The normalized spacial score (nSPS) is 12.8. The SMILES string of the molecule is CC(C)CNC(N)=NCc1ccnc(SC(C)(C)C)c1. The zero-order chi connectivity index (χ0) is 15.2. The van der Waals surface area contributed by atoms with Crippen molar-refractivity contribution in [1.29, 1.82) is 0 Å². The van der Waals surface area contributed by atoms with Crippen LogP contribution in [0.5, 0.6) is 0 Å². The van der Waals surface area contributed by atoms with E-state index in [1.54, 1.807) is 11.8 Å². The van der Waals surface area contributed by atoms with Crippen molar-refractivity contribution >= 4 is 17.7 Å². The van der Waals surface area contributed by atoms with E-state index in [-0.39, 0.29) is 4.75 Å². The van der Waals surface area contributed by atoms with Crippen LogP contribution >= 0.6 is 11.8 Å². The van der Waals surface area contributed by atoms with Crippen molar-refractivity contribution in [2.45, 2.75) is 50.9 Å². The molecule has 0 fully saturated rings. The van der Waals surface area contributed by atoms with E-state index in [4.69, 9.17) is 5.73 Å². The average Bonchev–Trinajstić information content (AvgIpc) is 2.32. The molecule has 1 heterocycles. The summed E-state index contributed by atoms with van der Waals surface area (Å²) in [4.78, 5) is 8.73. The molecule has 0 unspecified atom stereocenters. The van der Waals surface area contributed by atoms with Gasteiger partial charge in [-0.2, -0.15) is 0 Å². The quantitative estimate of drug-likeness (QED) is 0.498. The lowest BCUT2D eigenvalue weighted by molar-refractivity contribution is 0.622. The molecule has 0 radical (unpaired) electrons. The fraction of sp³-hybridized carbons (Fsp3) is 0.600. The molecule has 0 amide bonds. The second-order valence-corrected chi connectivity index (χ2v) is 8.04. The zero-order valence-corrected chi connectivity index (χ0v) is 13.9. The van der Waals surface area contributed by atoms with Gasteiger partial charge in [0.15, 0.2) is 5.96 Å². The predicted octanol–water partition coefficient (Wildman–Crippen LogP) is 3.03. The Morgan fingerprint density at radius 2 is 2.15 bits per heavy atom. The highest BCUT2D eigenvalue weighted by molar-refractivity contribution is 8.00. The van der Waals surface area contributed by atoms with Crippen LogP contribution in [-0.4, -0.2) is 22.2 Å². The van der Waals surface area contributed by atoms with Crippen LogP contribution in [0.1, 0.15) is 40.2 Å². The van der Waals surface area contributed by atoms with Crippen LogP contribution in [0, 0.1) is 5.92 Å². The Hall–Kier alpha value is -1.23. The van der Waals surface area contributed by atoms with Crippen LogP contribution in [0.2, 0.25) is 0 Å². The third kappa shape index (κ3) is 7.38. The number of hydrogen-bond donors (Lipinski definition) is 2. The summed E-state index contributed by atoms with van der Waals surface area (Å²) in [7, 11) is 0. The topological polar surface area (TPSA) is 63.3 Å². The third-order valence-electron chi connectivity index (χ3n) is 2.33. The van der Waals surface area contributed by atoms with Crippen LogP contribution in [0.3, 0.4) is 0 Å². The zero-order valence-electron chi connectivity index (χ0n) is 13.1. The molecule has 0 atom stereocenters. The molecule has 0 saturated carbocycles. The van der Waals surface area contributed by atoms with Gasteiger partial charge in [0.1, 0.15) is 0 Å². The molecule has 0 aliphatic heterocycles. The maximum atomic E-state index is 5.83. The first-order valence-electron chi connectivity index (χ1n) is 6.94. The van der Waals surface area contributed by atoms with Crippen LogP contribution in [0.25, 0.3) is 0 Å². The maximum Gasteiger partial charge on any atom is 0.188 e. The monoisotopic (exact) mass is 294 g/mol. The summed E-state index contributed by atoms with van der Waals surface area (Å²) >= 11 is 1.76. The number of pyridine rings is 1. The molecule has 0 aromatic carbocycles. The van der Waals surface area contributed by atoms with Gasteiger partial charge in [0, 0.05) is 17.5 Å². The summed E-state index contributed by atoms with van der Waals surface area (Å²) in [5, 5.41) is 4.14. The number of rotatable bonds is 5. The van der Waals surface area contributed by atoms with Gasteiger partial charge in [-0.25, -0.2) is 9.98 Å². The van der Waals surface area contributed by atoms with E-state index in [2.05, 4.69) is 56.0 Å². The molecule has 20 heavy (non-hydrogen) atoms. The van der Waals surface area contributed by atoms with Crippen molar-refractivity contribution < 1.29 is 0 Å². The van der Waals surface area contributed by atoms with Crippen LogP contribution in [0.4, 0.5) is 0 Å². The molecule has 5 heteroatoms. The minimum Gasteiger partial charge on any atom is -0.370 e. The second-order valence-electron chi connectivity index (χ2n) is 6.19. The molecule has 0 bridgehead atoms. The van der Waals surface area contributed by atoms with Gasteiger partial charge in [0.05, 0.1) is 11.6 Å². The number of thioether (sulfide) groups is 1. The molecule has 0 aliphatic rings. The molecule has 0 saturated heterocycles. The smallest absolute Gasteiger partial charge is 0.188 e. The van der Waals surface area contributed by atoms with Crippen molar-refractivity contribution in [3.8, 4) is 0 Å². The molecule has 1 aromatic heterocycles. The highest BCUT2D eigenvalue weighted by Crippen LogP contribution is 2.30. The van der Waals surface area contributed by atoms with Crippen LogP contribution in [-0.2, 0) is 6.54 Å². The van der Waals surface area contributed by atoms with E-state index >= 15 is 0 Å². The van der Waals surface area contributed by atoms with Crippen molar-refractivity contribution in [2.75, 3.05) is 6.54 Å². The number of guanidine groups is 1. The number of aromatic nitrogens is 1. The van der Waals surface area contributed by atoms with Crippen molar-refractivity contribution in [2.24, 2.45) is 16.6 Å². The van der Waals surface area contributed by atoms with Crippen LogP contribution in [0.15, 0.2) is 28.3 Å².